The van der Waals surface area contributed by atoms with E-state index < -0.39 is 17.2 Å². The van der Waals surface area contributed by atoms with Crippen molar-refractivity contribution in [3.63, 3.8) is 0 Å². The van der Waals surface area contributed by atoms with E-state index in [1.165, 1.54) is 4.57 Å². The van der Waals surface area contributed by atoms with E-state index in [1.54, 1.807) is 67.8 Å². The number of anilines is 1. The minimum Gasteiger partial charge on any atom is -0.497 e. The second kappa shape index (κ2) is 8.96. The van der Waals surface area contributed by atoms with E-state index in [4.69, 9.17) is 16.3 Å². The third-order valence-corrected chi connectivity index (χ3v) is 5.79. The molecule has 0 spiro atoms. The number of nitrogens with one attached hydrogen (secondary N) is 1. The minimum atomic E-state index is -0.624. The average molecular weight is 464 g/mol. The van der Waals surface area contributed by atoms with Crippen molar-refractivity contribution in [1.29, 1.82) is 0 Å². The number of methoxy groups -OCH3 is 1. The molecule has 0 aliphatic heterocycles. The molecule has 4 aromatic rings. The molecule has 7 nitrogen and oxygen atoms in total. The average Bonchev–Trinajstić information content (AvgIpc) is 2.79. The van der Waals surface area contributed by atoms with Crippen LogP contribution < -0.4 is 21.3 Å². The molecule has 0 saturated heterocycles. The lowest BCUT2D eigenvalue weighted by molar-refractivity contribution is -0.116. The van der Waals surface area contributed by atoms with Crippen LogP contribution in [-0.2, 0) is 11.3 Å². The third kappa shape index (κ3) is 4.40. The number of amides is 1. The van der Waals surface area contributed by atoms with Gasteiger partial charge in [-0.25, -0.2) is 9.36 Å². The van der Waals surface area contributed by atoms with Gasteiger partial charge in [0.05, 0.1) is 23.7 Å². The Balaban J connectivity index is 1.82. The van der Waals surface area contributed by atoms with Crippen LogP contribution >= 0.6 is 11.6 Å². The fourth-order valence-corrected chi connectivity index (χ4v) is 3.78. The maximum atomic E-state index is 13.4. The van der Waals surface area contributed by atoms with E-state index in [0.717, 1.165) is 15.7 Å². The third-order valence-electron chi connectivity index (χ3n) is 5.39. The predicted octanol–water partition coefficient (Wildman–Crippen LogP) is 4.07. The molecule has 1 heterocycles. The minimum absolute atomic E-state index is 0.274. The van der Waals surface area contributed by atoms with Crippen molar-refractivity contribution in [2.75, 3.05) is 12.4 Å². The molecule has 0 radical (unpaired) electrons. The van der Waals surface area contributed by atoms with Crippen LogP contribution in [0.25, 0.3) is 16.6 Å². The highest BCUT2D eigenvalue weighted by atomic mass is 35.5. The van der Waals surface area contributed by atoms with Gasteiger partial charge in [-0.3, -0.25) is 14.2 Å². The summed E-state index contributed by atoms with van der Waals surface area (Å²) in [6.45, 7) is 3.42. The summed E-state index contributed by atoms with van der Waals surface area (Å²) in [7, 11) is 1.56. The lowest BCUT2D eigenvalue weighted by atomic mass is 10.1. The summed E-state index contributed by atoms with van der Waals surface area (Å²) in [5.74, 6) is 0.255. The van der Waals surface area contributed by atoms with Gasteiger partial charge in [0.1, 0.15) is 12.3 Å². The standard InChI is InChI=1S/C25H22ClN3O4/c1-15-4-11-22-20(12-15)24(31)29(18-8-5-16(2)21(26)13-18)25(32)28(22)14-23(30)27-17-6-9-19(33-3)10-7-17/h4-13H,14H2,1-3H3,(H,27,30). The molecule has 0 aliphatic carbocycles. The number of halogens is 1. The molecule has 168 valence electrons. The molecule has 8 heteroatoms. The number of carbonyl (C=O) groups excluding carboxylic acids is 1. The molecule has 3 aromatic carbocycles. The molecule has 0 atom stereocenters. The molecule has 0 fully saturated rings. The Labute approximate surface area is 194 Å². The maximum Gasteiger partial charge on any atom is 0.336 e. The Kier molecular flexibility index (Phi) is 6.07. The largest absolute Gasteiger partial charge is 0.497 e. The zero-order valence-electron chi connectivity index (χ0n) is 18.4. The monoisotopic (exact) mass is 463 g/mol. The summed E-state index contributed by atoms with van der Waals surface area (Å²) in [6, 6.07) is 17.0. The van der Waals surface area contributed by atoms with E-state index in [9.17, 15) is 14.4 Å². The fourth-order valence-electron chi connectivity index (χ4n) is 3.61. The van der Waals surface area contributed by atoms with E-state index >= 15 is 0 Å². The van der Waals surface area contributed by atoms with Crippen LogP contribution in [0.2, 0.25) is 5.02 Å². The quantitative estimate of drug-likeness (QED) is 0.483. The topological polar surface area (TPSA) is 82.3 Å². The van der Waals surface area contributed by atoms with E-state index in [-0.39, 0.29) is 6.54 Å². The van der Waals surface area contributed by atoms with Crippen molar-refractivity contribution in [2.24, 2.45) is 0 Å². The molecular weight excluding hydrogens is 442 g/mol. The van der Waals surface area contributed by atoms with Gasteiger partial charge in [-0.2, -0.15) is 0 Å². The molecule has 1 N–H and O–H groups in total. The number of aromatic nitrogens is 2. The Morgan fingerprint density at radius 3 is 2.39 bits per heavy atom. The van der Waals surface area contributed by atoms with Gasteiger partial charge in [-0.15, -0.1) is 0 Å². The fraction of sp³-hybridized carbons (Fsp3) is 0.160. The zero-order chi connectivity index (χ0) is 23.7. The molecule has 0 aliphatic rings. The number of carbonyl (C=O) groups is 1. The van der Waals surface area contributed by atoms with Crippen LogP contribution in [0, 0.1) is 13.8 Å². The van der Waals surface area contributed by atoms with Gasteiger partial charge in [-0.05, 0) is 67.9 Å². The lowest BCUT2D eigenvalue weighted by Crippen LogP contribution is -2.40. The lowest BCUT2D eigenvalue weighted by Gasteiger charge is -2.15. The molecule has 1 aromatic heterocycles. The van der Waals surface area contributed by atoms with Gasteiger partial charge in [0.2, 0.25) is 5.91 Å². The molecule has 0 bridgehead atoms. The predicted molar refractivity (Wildman–Crippen MR) is 130 cm³/mol. The first-order valence-electron chi connectivity index (χ1n) is 10.2. The van der Waals surface area contributed by atoms with Crippen molar-refractivity contribution in [3.05, 3.63) is 97.7 Å². The van der Waals surface area contributed by atoms with Gasteiger partial charge in [0.15, 0.2) is 0 Å². The van der Waals surface area contributed by atoms with Crippen LogP contribution in [-0.4, -0.2) is 22.2 Å². The highest BCUT2D eigenvalue weighted by Gasteiger charge is 2.17. The van der Waals surface area contributed by atoms with Gasteiger partial charge in [-0.1, -0.05) is 29.3 Å². The molecule has 1 amide bonds. The molecule has 4 rings (SSSR count). The van der Waals surface area contributed by atoms with E-state index in [1.807, 2.05) is 13.8 Å². The number of hydrogen-bond donors (Lipinski definition) is 1. The summed E-state index contributed by atoms with van der Waals surface area (Å²) in [5.41, 5.74) is 1.88. The Morgan fingerprint density at radius 2 is 1.73 bits per heavy atom. The van der Waals surface area contributed by atoms with Gasteiger partial charge < -0.3 is 10.1 Å². The first kappa shape index (κ1) is 22.4. The number of ether oxygens (including phenoxy) is 1. The summed E-state index contributed by atoms with van der Waals surface area (Å²) in [4.78, 5) is 39.5. The smallest absolute Gasteiger partial charge is 0.336 e. The molecule has 0 saturated carbocycles. The van der Waals surface area contributed by atoms with Gasteiger partial charge in [0.25, 0.3) is 5.56 Å². The van der Waals surface area contributed by atoms with Crippen molar-refractivity contribution in [2.45, 2.75) is 20.4 Å². The van der Waals surface area contributed by atoms with Crippen LogP contribution in [0.15, 0.2) is 70.3 Å². The van der Waals surface area contributed by atoms with Crippen molar-refractivity contribution < 1.29 is 9.53 Å². The number of aryl methyl sites for hydroxylation is 2. The second-order valence-electron chi connectivity index (χ2n) is 7.74. The first-order valence-corrected chi connectivity index (χ1v) is 10.6. The SMILES string of the molecule is COc1ccc(NC(=O)Cn2c(=O)n(-c3ccc(C)c(Cl)c3)c(=O)c3cc(C)ccc32)cc1. The summed E-state index contributed by atoms with van der Waals surface area (Å²) < 4.78 is 7.47. The van der Waals surface area contributed by atoms with Crippen molar-refractivity contribution in [3.8, 4) is 11.4 Å². The Bertz CT molecular complexity index is 1490. The highest BCUT2D eigenvalue weighted by molar-refractivity contribution is 6.31. The number of fused-ring (bicyclic) bond motifs is 1. The molecule has 0 unspecified atom stereocenters. The Morgan fingerprint density at radius 1 is 1.00 bits per heavy atom. The highest BCUT2D eigenvalue weighted by Crippen LogP contribution is 2.19. The number of rotatable bonds is 5. The summed E-state index contributed by atoms with van der Waals surface area (Å²) >= 11 is 6.25. The number of nitrogens with zero attached hydrogens (tertiary/aromatic N) is 2. The van der Waals surface area contributed by atoms with Gasteiger partial charge in [0, 0.05) is 10.7 Å². The van der Waals surface area contributed by atoms with Crippen LogP contribution in [0.1, 0.15) is 11.1 Å². The van der Waals surface area contributed by atoms with Crippen molar-refractivity contribution in [1.82, 2.24) is 9.13 Å². The summed E-state index contributed by atoms with van der Waals surface area (Å²) in [5, 5.41) is 3.55. The normalized spacial score (nSPS) is 10.9. The molecular formula is C25H22ClN3O4. The number of benzene rings is 3. The molecule has 33 heavy (non-hydrogen) atoms. The zero-order valence-corrected chi connectivity index (χ0v) is 19.1. The van der Waals surface area contributed by atoms with E-state index in [0.29, 0.717) is 33.0 Å². The van der Waals surface area contributed by atoms with Crippen LogP contribution in [0.5, 0.6) is 5.75 Å². The Hall–Kier alpha value is -3.84. The van der Waals surface area contributed by atoms with Crippen LogP contribution in [0.3, 0.4) is 0 Å². The first-order chi connectivity index (χ1) is 15.8. The number of hydrogen-bond acceptors (Lipinski definition) is 4. The van der Waals surface area contributed by atoms with E-state index in [2.05, 4.69) is 5.32 Å². The van der Waals surface area contributed by atoms with Crippen molar-refractivity contribution >= 4 is 34.1 Å². The van der Waals surface area contributed by atoms with Gasteiger partial charge >= 0.3 is 5.69 Å². The second-order valence-corrected chi connectivity index (χ2v) is 8.15. The van der Waals surface area contributed by atoms with Crippen LogP contribution in [0.4, 0.5) is 5.69 Å². The maximum absolute atomic E-state index is 13.4. The summed E-state index contributed by atoms with van der Waals surface area (Å²) in [6.07, 6.45) is 0.